The summed E-state index contributed by atoms with van der Waals surface area (Å²) in [5.74, 6) is -0.854. The van der Waals surface area contributed by atoms with Gasteiger partial charge in [0.25, 0.3) is 5.69 Å². The molecule has 0 aliphatic heterocycles. The molecule has 110 valence electrons. The van der Waals surface area contributed by atoms with Crippen LogP contribution in [-0.4, -0.2) is 32.8 Å². The van der Waals surface area contributed by atoms with E-state index in [2.05, 4.69) is 5.32 Å². The number of nitrogens with zero attached hydrogens (tertiary/aromatic N) is 1. The number of anilines is 1. The predicted octanol–water partition coefficient (Wildman–Crippen LogP) is -0.291. The first kappa shape index (κ1) is 15.9. The van der Waals surface area contributed by atoms with Crippen LogP contribution in [0.15, 0.2) is 17.0 Å². The third kappa shape index (κ3) is 3.42. The second kappa shape index (κ2) is 5.84. The van der Waals surface area contributed by atoms with Crippen molar-refractivity contribution in [1.29, 1.82) is 0 Å². The monoisotopic (exact) mass is 302 g/mol. The third-order valence-electron chi connectivity index (χ3n) is 2.49. The van der Waals surface area contributed by atoms with Crippen LogP contribution in [0, 0.1) is 17.0 Å². The lowest BCUT2D eigenvalue weighted by molar-refractivity contribution is -0.384. The van der Waals surface area contributed by atoms with E-state index in [1.54, 1.807) is 0 Å². The first-order valence-corrected chi connectivity index (χ1v) is 6.92. The van der Waals surface area contributed by atoms with Crippen molar-refractivity contribution in [2.24, 2.45) is 5.73 Å². The molecule has 10 heteroatoms. The highest BCUT2D eigenvalue weighted by atomic mass is 32.2. The minimum atomic E-state index is -4.05. The Balaban J connectivity index is 3.35. The molecule has 0 spiro atoms. The van der Waals surface area contributed by atoms with Gasteiger partial charge in [-0.25, -0.2) is 13.1 Å². The Kier molecular flexibility index (Phi) is 4.63. The zero-order chi connectivity index (χ0) is 15.5. The molecule has 0 saturated heterocycles. The Morgan fingerprint density at radius 3 is 2.50 bits per heavy atom. The van der Waals surface area contributed by atoms with Crippen LogP contribution in [0.3, 0.4) is 0 Å². The number of rotatable bonds is 6. The Labute approximate surface area is 115 Å². The molecule has 1 amide bonds. The van der Waals surface area contributed by atoms with Crippen molar-refractivity contribution >= 4 is 27.3 Å². The number of carbonyl (C=O) groups is 1. The number of aryl methyl sites for hydroxylation is 1. The average molecular weight is 302 g/mol. The molecule has 0 bridgehead atoms. The summed E-state index contributed by atoms with van der Waals surface area (Å²) in [6.45, 7) is 0.909. The van der Waals surface area contributed by atoms with Gasteiger partial charge in [0.05, 0.1) is 16.4 Å². The van der Waals surface area contributed by atoms with Crippen LogP contribution in [-0.2, 0) is 14.8 Å². The lowest BCUT2D eigenvalue weighted by atomic mass is 10.2. The predicted molar refractivity (Wildman–Crippen MR) is 71.8 cm³/mol. The quantitative estimate of drug-likeness (QED) is 0.486. The fraction of sp³-hybridized carbons (Fsp3) is 0.300. The highest BCUT2D eigenvalue weighted by Crippen LogP contribution is 2.30. The summed E-state index contributed by atoms with van der Waals surface area (Å²) in [5.41, 5.74) is 4.98. The topological polar surface area (TPSA) is 144 Å². The molecular weight excluding hydrogens is 288 g/mol. The number of hydrogen-bond donors (Lipinski definition) is 3. The van der Waals surface area contributed by atoms with Gasteiger partial charge in [-0.15, -0.1) is 0 Å². The number of nitro groups is 1. The van der Waals surface area contributed by atoms with Crippen LogP contribution < -0.4 is 15.8 Å². The van der Waals surface area contributed by atoms with Crippen LogP contribution in [0.2, 0.25) is 0 Å². The fourth-order valence-corrected chi connectivity index (χ4v) is 2.80. The molecule has 0 aliphatic carbocycles. The lowest BCUT2D eigenvalue weighted by Gasteiger charge is -2.10. The average Bonchev–Trinajstić information content (AvgIpc) is 2.35. The molecule has 0 heterocycles. The number of benzene rings is 1. The molecule has 0 fully saturated rings. The molecule has 0 unspecified atom stereocenters. The SMILES string of the molecule is CNc1cc(C)c(S(=O)(=O)NCC(N)=O)cc1[N+](=O)[O-]. The molecule has 0 aliphatic rings. The first-order chi connectivity index (χ1) is 9.19. The highest BCUT2D eigenvalue weighted by molar-refractivity contribution is 7.89. The second-order valence-corrected chi connectivity index (χ2v) is 5.67. The molecule has 0 radical (unpaired) electrons. The van der Waals surface area contributed by atoms with Crippen LogP contribution in [0.25, 0.3) is 0 Å². The van der Waals surface area contributed by atoms with Gasteiger partial charge in [0.2, 0.25) is 15.9 Å². The minimum Gasteiger partial charge on any atom is -0.383 e. The van der Waals surface area contributed by atoms with E-state index in [0.29, 0.717) is 5.56 Å². The number of nitrogens with two attached hydrogens (primary N) is 1. The summed E-state index contributed by atoms with van der Waals surface area (Å²) in [6, 6.07) is 2.28. The van der Waals surface area contributed by atoms with Gasteiger partial charge in [0, 0.05) is 13.1 Å². The first-order valence-electron chi connectivity index (χ1n) is 5.43. The van der Waals surface area contributed by atoms with E-state index in [9.17, 15) is 23.3 Å². The molecule has 0 saturated carbocycles. The van der Waals surface area contributed by atoms with Crippen molar-refractivity contribution in [3.63, 3.8) is 0 Å². The lowest BCUT2D eigenvalue weighted by Crippen LogP contribution is -2.33. The van der Waals surface area contributed by atoms with Gasteiger partial charge in [-0.05, 0) is 18.6 Å². The molecule has 20 heavy (non-hydrogen) atoms. The number of hydrogen-bond acceptors (Lipinski definition) is 6. The van der Waals surface area contributed by atoms with Crippen LogP contribution in [0.4, 0.5) is 11.4 Å². The number of sulfonamides is 1. The van der Waals surface area contributed by atoms with Gasteiger partial charge in [0.15, 0.2) is 0 Å². The molecule has 1 rings (SSSR count). The summed E-state index contributed by atoms with van der Waals surface area (Å²) >= 11 is 0. The van der Waals surface area contributed by atoms with E-state index in [0.717, 1.165) is 6.07 Å². The summed E-state index contributed by atoms with van der Waals surface area (Å²) in [7, 11) is -2.56. The summed E-state index contributed by atoms with van der Waals surface area (Å²) in [4.78, 5) is 20.6. The van der Waals surface area contributed by atoms with Crippen LogP contribution >= 0.6 is 0 Å². The van der Waals surface area contributed by atoms with Crippen LogP contribution in [0.5, 0.6) is 0 Å². The van der Waals surface area contributed by atoms with E-state index in [-0.39, 0.29) is 16.3 Å². The van der Waals surface area contributed by atoms with Crippen molar-refractivity contribution in [1.82, 2.24) is 4.72 Å². The summed E-state index contributed by atoms with van der Waals surface area (Å²) in [5, 5.41) is 13.5. The minimum absolute atomic E-state index is 0.196. The van der Waals surface area contributed by atoms with Crippen molar-refractivity contribution < 1.29 is 18.1 Å². The van der Waals surface area contributed by atoms with E-state index >= 15 is 0 Å². The standard InChI is InChI=1S/C10H14N4O5S/c1-6-3-7(12-2)8(14(16)17)4-9(6)20(18,19)13-5-10(11)15/h3-4,12-13H,5H2,1-2H3,(H2,11,15). The van der Waals surface area contributed by atoms with Gasteiger partial charge >= 0.3 is 0 Å². The van der Waals surface area contributed by atoms with Gasteiger partial charge < -0.3 is 11.1 Å². The van der Waals surface area contributed by atoms with E-state index in [1.807, 2.05) is 4.72 Å². The van der Waals surface area contributed by atoms with Crippen molar-refractivity contribution in [3.05, 3.63) is 27.8 Å². The van der Waals surface area contributed by atoms with Crippen molar-refractivity contribution in [2.75, 3.05) is 18.9 Å². The normalized spacial score (nSPS) is 11.1. The molecule has 0 aromatic heterocycles. The zero-order valence-electron chi connectivity index (χ0n) is 10.8. The van der Waals surface area contributed by atoms with E-state index in [1.165, 1.54) is 20.0 Å². The maximum atomic E-state index is 12.0. The number of nitrogens with one attached hydrogen (secondary N) is 2. The van der Waals surface area contributed by atoms with Gasteiger partial charge in [0.1, 0.15) is 5.69 Å². The Bertz CT molecular complexity index is 656. The number of amides is 1. The number of primary amides is 1. The van der Waals surface area contributed by atoms with Gasteiger partial charge in [-0.2, -0.15) is 0 Å². The van der Waals surface area contributed by atoms with Crippen molar-refractivity contribution in [2.45, 2.75) is 11.8 Å². The van der Waals surface area contributed by atoms with Gasteiger partial charge in [-0.3, -0.25) is 14.9 Å². The van der Waals surface area contributed by atoms with E-state index in [4.69, 9.17) is 5.73 Å². The largest absolute Gasteiger partial charge is 0.383 e. The Hall–Kier alpha value is -2.20. The summed E-state index contributed by atoms with van der Waals surface area (Å²) < 4.78 is 25.9. The number of carbonyl (C=O) groups excluding carboxylic acids is 1. The smallest absolute Gasteiger partial charge is 0.293 e. The molecule has 9 nitrogen and oxygen atoms in total. The Morgan fingerprint density at radius 2 is 2.05 bits per heavy atom. The fourth-order valence-electron chi connectivity index (χ4n) is 1.56. The molecule has 1 aromatic rings. The maximum Gasteiger partial charge on any atom is 0.293 e. The Morgan fingerprint density at radius 1 is 1.45 bits per heavy atom. The second-order valence-electron chi connectivity index (χ2n) is 3.93. The highest BCUT2D eigenvalue weighted by Gasteiger charge is 2.23. The zero-order valence-corrected chi connectivity index (χ0v) is 11.7. The molecule has 0 atom stereocenters. The maximum absolute atomic E-state index is 12.0. The van der Waals surface area contributed by atoms with E-state index < -0.39 is 27.4 Å². The van der Waals surface area contributed by atoms with Crippen molar-refractivity contribution in [3.8, 4) is 0 Å². The third-order valence-corrected chi connectivity index (χ3v) is 4.03. The number of nitro benzene ring substituents is 1. The van der Waals surface area contributed by atoms with Crippen LogP contribution in [0.1, 0.15) is 5.56 Å². The van der Waals surface area contributed by atoms with Gasteiger partial charge in [-0.1, -0.05) is 0 Å². The molecule has 4 N–H and O–H groups in total. The molecular formula is C10H14N4O5S. The summed E-state index contributed by atoms with van der Waals surface area (Å²) in [6.07, 6.45) is 0. The molecule has 1 aromatic carbocycles.